The van der Waals surface area contributed by atoms with E-state index >= 15 is 0 Å². The Morgan fingerprint density at radius 1 is 1.02 bits per heavy atom. The van der Waals surface area contributed by atoms with Gasteiger partial charge in [-0.3, -0.25) is 23.9 Å². The van der Waals surface area contributed by atoms with Gasteiger partial charge in [-0.15, -0.1) is 0 Å². The lowest BCUT2D eigenvalue weighted by atomic mass is 9.99. The maximum atomic E-state index is 14.1. The number of carbonyl (C=O) groups is 4. The van der Waals surface area contributed by atoms with E-state index in [1.165, 1.54) is 16.5 Å². The number of amides is 3. The molecule has 3 amide bonds. The molecule has 16 heteroatoms. The van der Waals surface area contributed by atoms with Gasteiger partial charge >= 0.3 is 12.1 Å². The van der Waals surface area contributed by atoms with Gasteiger partial charge in [0.05, 0.1) is 5.52 Å². The first-order valence-corrected chi connectivity index (χ1v) is 15.8. The Balaban J connectivity index is 1.33. The van der Waals surface area contributed by atoms with Crippen molar-refractivity contribution in [1.82, 2.24) is 34.9 Å². The van der Waals surface area contributed by atoms with Crippen molar-refractivity contribution >= 4 is 56.2 Å². The number of pyridine rings is 1. The van der Waals surface area contributed by atoms with Crippen LogP contribution in [0.15, 0.2) is 41.3 Å². The molecular weight excluding hydrogens is 697 g/mol. The fourth-order valence-electron chi connectivity index (χ4n) is 6.48. The summed E-state index contributed by atoms with van der Waals surface area (Å²) >= 11 is 3.28. The van der Waals surface area contributed by atoms with Gasteiger partial charge in [-0.25, -0.2) is 15.0 Å². The molecule has 2 aliphatic rings. The zero-order valence-corrected chi connectivity index (χ0v) is 27.9. The number of hydrogen-bond donors (Lipinski definition) is 2. The summed E-state index contributed by atoms with van der Waals surface area (Å²) in [5.74, 6) is -2.63. The number of Topliss-reactive ketones (excluding diaryl/α,β-unsaturated/α-hetero) is 1. The quantitative estimate of drug-likeness (QED) is 0.200. The lowest BCUT2D eigenvalue weighted by molar-refractivity contribution is -0.173. The number of halogens is 4. The number of fused-ring (bicyclic) bond motifs is 2. The Morgan fingerprint density at radius 2 is 1.73 bits per heavy atom. The van der Waals surface area contributed by atoms with Crippen molar-refractivity contribution in [3.05, 3.63) is 63.9 Å². The molecule has 0 spiro atoms. The second-order valence-electron chi connectivity index (χ2n) is 12.3. The van der Waals surface area contributed by atoms with E-state index < -0.39 is 41.4 Å². The summed E-state index contributed by atoms with van der Waals surface area (Å²) in [7, 11) is 0. The molecule has 0 bridgehead atoms. The van der Waals surface area contributed by atoms with Crippen LogP contribution in [-0.2, 0) is 20.9 Å². The number of hydrogen-bond acceptors (Lipinski definition) is 8. The molecule has 2 fully saturated rings. The van der Waals surface area contributed by atoms with Crippen LogP contribution in [0.4, 0.5) is 19.0 Å². The van der Waals surface area contributed by atoms with Gasteiger partial charge in [0.1, 0.15) is 34.5 Å². The molecule has 48 heavy (non-hydrogen) atoms. The Kier molecular flexibility index (Phi) is 8.34. The van der Waals surface area contributed by atoms with Gasteiger partial charge in [0.2, 0.25) is 11.8 Å². The third kappa shape index (κ3) is 6.16. The zero-order valence-electron chi connectivity index (χ0n) is 26.3. The lowest BCUT2D eigenvalue weighted by Crippen LogP contribution is -2.47. The number of nitrogens with zero attached hydrogens (tertiary/aromatic N) is 6. The van der Waals surface area contributed by atoms with Crippen molar-refractivity contribution in [2.45, 2.75) is 65.3 Å². The van der Waals surface area contributed by atoms with Gasteiger partial charge in [-0.05, 0) is 84.4 Å². The Morgan fingerprint density at radius 3 is 2.40 bits per heavy atom. The molecule has 1 aromatic carbocycles. The normalized spacial score (nSPS) is 20.0. The zero-order chi connectivity index (χ0) is 34.7. The molecule has 4 aromatic rings. The van der Waals surface area contributed by atoms with Crippen molar-refractivity contribution in [1.29, 1.82) is 0 Å². The number of aryl methyl sites for hydroxylation is 3. The first-order valence-electron chi connectivity index (χ1n) is 15.0. The van der Waals surface area contributed by atoms with Crippen molar-refractivity contribution in [3.8, 4) is 11.1 Å². The molecule has 6 rings (SSSR count). The number of rotatable bonds is 8. The highest BCUT2D eigenvalue weighted by Crippen LogP contribution is 2.59. The summed E-state index contributed by atoms with van der Waals surface area (Å²) in [5, 5.41) is 9.71. The molecule has 1 aliphatic carbocycles. The van der Waals surface area contributed by atoms with Crippen LogP contribution in [0.3, 0.4) is 0 Å². The summed E-state index contributed by atoms with van der Waals surface area (Å²) in [6, 6.07) is 5.43. The van der Waals surface area contributed by atoms with Crippen LogP contribution in [0.2, 0.25) is 0 Å². The summed E-state index contributed by atoms with van der Waals surface area (Å²) in [6.45, 7) is 6.00. The summed E-state index contributed by atoms with van der Waals surface area (Å²) in [5.41, 5.74) is 2.63. The minimum absolute atomic E-state index is 0.0278. The number of aromatic nitrogens is 5. The van der Waals surface area contributed by atoms with Crippen molar-refractivity contribution < 1.29 is 32.3 Å². The number of alkyl halides is 3. The highest BCUT2D eigenvalue weighted by atomic mass is 79.9. The highest BCUT2D eigenvalue weighted by Gasteiger charge is 2.67. The molecule has 1 aliphatic heterocycles. The minimum atomic E-state index is -5.07. The summed E-state index contributed by atoms with van der Waals surface area (Å²) < 4.78 is 40.9. The fourth-order valence-corrected chi connectivity index (χ4v) is 6.79. The van der Waals surface area contributed by atoms with Crippen molar-refractivity contribution in [2.75, 3.05) is 11.9 Å². The molecule has 3 aromatic heterocycles. The molecule has 3 atom stereocenters. The van der Waals surface area contributed by atoms with Crippen molar-refractivity contribution in [2.24, 2.45) is 5.41 Å². The van der Waals surface area contributed by atoms with E-state index in [-0.39, 0.29) is 36.8 Å². The van der Waals surface area contributed by atoms with Gasteiger partial charge in [0, 0.05) is 48.3 Å². The van der Waals surface area contributed by atoms with Gasteiger partial charge in [-0.2, -0.15) is 18.3 Å². The first-order chi connectivity index (χ1) is 22.6. The third-order valence-electron chi connectivity index (χ3n) is 8.94. The van der Waals surface area contributed by atoms with Gasteiger partial charge in [0.15, 0.2) is 5.78 Å². The summed E-state index contributed by atoms with van der Waals surface area (Å²) in [4.78, 5) is 66.4. The largest absolute Gasteiger partial charge is 0.471 e. The Hall–Kier alpha value is -4.73. The fraction of sp³-hybridized carbons (Fsp3) is 0.375. The van der Waals surface area contributed by atoms with Gasteiger partial charge in [-0.1, -0.05) is 6.07 Å². The number of ketones is 1. The molecule has 4 heterocycles. The number of benzene rings is 1. The molecule has 1 saturated carbocycles. The number of nitrogens with one attached hydrogen (secondary N) is 2. The van der Waals surface area contributed by atoms with Crippen LogP contribution in [0.5, 0.6) is 0 Å². The topological polar surface area (TPSA) is 152 Å². The van der Waals surface area contributed by atoms with Gasteiger partial charge < -0.3 is 15.5 Å². The molecule has 12 nitrogen and oxygen atoms in total. The molecule has 0 radical (unpaired) electrons. The molecular formula is C32H30BrF3N8O4. The van der Waals surface area contributed by atoms with E-state index in [2.05, 4.69) is 41.3 Å². The number of likely N-dealkylation sites (tertiary alicyclic amines) is 1. The van der Waals surface area contributed by atoms with Crippen LogP contribution in [0, 0.1) is 26.2 Å². The standard InChI is InChI=1S/C32H30BrF3N8O4/c1-15-5-6-24(33)40-28(15)41-29(47)22-9-31(14-39-30(48)32(34,35)36)10-23(31)44(22)25(46)13-43-27-16(2)7-19(20-11-37-18(4)38-12-20)8-21(27)26(42-43)17(3)45/h5-8,11-12,22-23H,9-10,13-14H2,1-4H3,(H,39,48)(H,40,41,47). The molecule has 250 valence electrons. The van der Waals surface area contributed by atoms with Crippen LogP contribution < -0.4 is 10.6 Å². The molecule has 1 saturated heterocycles. The second kappa shape index (κ2) is 12.1. The number of carbonyl (C=O) groups excluding carboxylic acids is 4. The van der Waals surface area contributed by atoms with E-state index in [4.69, 9.17) is 0 Å². The smallest absolute Gasteiger partial charge is 0.348 e. The maximum absolute atomic E-state index is 14.1. The van der Waals surface area contributed by atoms with Crippen molar-refractivity contribution in [3.63, 3.8) is 0 Å². The van der Waals surface area contributed by atoms with Crippen LogP contribution in [-0.4, -0.2) is 77.9 Å². The van der Waals surface area contributed by atoms with Crippen LogP contribution in [0.1, 0.15) is 47.2 Å². The average molecular weight is 728 g/mol. The van der Waals surface area contributed by atoms with E-state index in [0.29, 0.717) is 33.3 Å². The van der Waals surface area contributed by atoms with Gasteiger partial charge in [0.25, 0.3) is 0 Å². The third-order valence-corrected chi connectivity index (χ3v) is 9.38. The number of piperidine rings is 1. The molecule has 2 N–H and O–H groups in total. The predicted octanol–water partition coefficient (Wildman–Crippen LogP) is 4.46. The Labute approximate surface area is 280 Å². The van der Waals surface area contributed by atoms with Crippen LogP contribution in [0.25, 0.3) is 22.0 Å². The number of anilines is 1. The molecule has 3 unspecified atom stereocenters. The monoisotopic (exact) mass is 726 g/mol. The minimum Gasteiger partial charge on any atom is -0.348 e. The SMILES string of the molecule is CC(=O)c1nn(CC(=O)N2C(C(=O)Nc3nc(Br)ccc3C)CC3(CNC(=O)C(F)(F)F)CC23)c2c(C)cc(-c3cnc(C)nc3)cc12. The highest BCUT2D eigenvalue weighted by molar-refractivity contribution is 9.10. The van der Waals surface area contributed by atoms with E-state index in [1.54, 1.807) is 44.4 Å². The second-order valence-corrected chi connectivity index (χ2v) is 13.2. The average Bonchev–Trinajstić information content (AvgIpc) is 3.42. The van der Waals surface area contributed by atoms with E-state index in [0.717, 1.165) is 16.7 Å². The predicted molar refractivity (Wildman–Crippen MR) is 171 cm³/mol. The van der Waals surface area contributed by atoms with Crippen LogP contribution >= 0.6 is 15.9 Å². The van der Waals surface area contributed by atoms with E-state index in [9.17, 15) is 32.3 Å². The first kappa shape index (κ1) is 33.2. The lowest BCUT2D eigenvalue weighted by Gasteiger charge is -2.27. The van der Waals surface area contributed by atoms with E-state index in [1.807, 2.05) is 18.3 Å². The maximum Gasteiger partial charge on any atom is 0.471 e. The summed E-state index contributed by atoms with van der Waals surface area (Å²) in [6.07, 6.45) is -1.40. The Bertz CT molecular complexity index is 2000.